The molecule has 1 unspecified atom stereocenters. The van der Waals surface area contributed by atoms with E-state index in [4.69, 9.17) is 0 Å². The SMILES string of the molecule is CCN(CC)C(=O)CN1CCN(C(=O)C(c2ccccc2)N2CCCCC2=O)CC1. The number of likely N-dealkylation sites (tertiary alicyclic amines) is 1. The molecule has 0 aliphatic carbocycles. The molecule has 2 saturated heterocycles. The van der Waals surface area contributed by atoms with Gasteiger partial charge in [0.2, 0.25) is 17.7 Å². The minimum atomic E-state index is -0.553. The van der Waals surface area contributed by atoms with Crippen LogP contribution in [0, 0.1) is 0 Å². The van der Waals surface area contributed by atoms with Crippen LogP contribution in [0.15, 0.2) is 30.3 Å². The van der Waals surface area contributed by atoms with Crippen LogP contribution in [-0.4, -0.2) is 89.7 Å². The summed E-state index contributed by atoms with van der Waals surface area (Å²) in [6.45, 7) is 8.95. The quantitative estimate of drug-likeness (QED) is 0.682. The first-order valence-electron chi connectivity index (χ1n) is 11.2. The van der Waals surface area contributed by atoms with Crippen LogP contribution in [0.25, 0.3) is 0 Å². The lowest BCUT2D eigenvalue weighted by atomic mass is 9.99. The van der Waals surface area contributed by atoms with Gasteiger partial charge in [0.25, 0.3) is 0 Å². The first kappa shape index (κ1) is 22.3. The van der Waals surface area contributed by atoms with Gasteiger partial charge in [-0.1, -0.05) is 30.3 Å². The van der Waals surface area contributed by atoms with Crippen molar-refractivity contribution in [2.24, 2.45) is 0 Å². The van der Waals surface area contributed by atoms with Gasteiger partial charge in [0, 0.05) is 52.2 Å². The average molecular weight is 415 g/mol. The third kappa shape index (κ3) is 5.19. The molecule has 30 heavy (non-hydrogen) atoms. The highest BCUT2D eigenvalue weighted by Gasteiger charge is 2.36. The van der Waals surface area contributed by atoms with Gasteiger partial charge in [-0.25, -0.2) is 0 Å². The predicted octanol–water partition coefficient (Wildman–Crippen LogP) is 1.75. The van der Waals surface area contributed by atoms with Crippen molar-refractivity contribution in [3.8, 4) is 0 Å². The summed E-state index contributed by atoms with van der Waals surface area (Å²) in [6, 6.07) is 9.08. The molecular weight excluding hydrogens is 380 g/mol. The number of carbonyl (C=O) groups excluding carboxylic acids is 3. The van der Waals surface area contributed by atoms with Gasteiger partial charge in [-0.05, 0) is 32.3 Å². The van der Waals surface area contributed by atoms with Crippen molar-refractivity contribution in [2.45, 2.75) is 39.2 Å². The summed E-state index contributed by atoms with van der Waals surface area (Å²) in [5.41, 5.74) is 0.872. The first-order valence-corrected chi connectivity index (χ1v) is 11.2. The minimum Gasteiger partial charge on any atom is -0.342 e. The Morgan fingerprint density at radius 2 is 1.63 bits per heavy atom. The number of benzene rings is 1. The Morgan fingerprint density at radius 3 is 2.23 bits per heavy atom. The number of amides is 3. The molecule has 2 aliphatic heterocycles. The molecule has 2 fully saturated rings. The zero-order chi connectivity index (χ0) is 21.5. The van der Waals surface area contributed by atoms with E-state index in [9.17, 15) is 14.4 Å². The van der Waals surface area contributed by atoms with Crippen LogP contribution in [0.4, 0.5) is 0 Å². The summed E-state index contributed by atoms with van der Waals surface area (Å²) in [5, 5.41) is 0. The molecule has 3 rings (SSSR count). The predicted molar refractivity (Wildman–Crippen MR) is 116 cm³/mol. The van der Waals surface area contributed by atoms with Crippen molar-refractivity contribution in [3.63, 3.8) is 0 Å². The Labute approximate surface area is 179 Å². The van der Waals surface area contributed by atoms with Crippen LogP contribution < -0.4 is 0 Å². The first-order chi connectivity index (χ1) is 14.5. The van der Waals surface area contributed by atoms with E-state index in [0.717, 1.165) is 31.5 Å². The van der Waals surface area contributed by atoms with Crippen molar-refractivity contribution in [2.75, 3.05) is 52.4 Å². The molecule has 0 N–H and O–H groups in total. The van der Waals surface area contributed by atoms with Crippen LogP contribution in [0.2, 0.25) is 0 Å². The second-order valence-electron chi connectivity index (χ2n) is 8.02. The normalized spacial score (nSPS) is 18.9. The molecule has 1 aromatic rings. The van der Waals surface area contributed by atoms with Crippen LogP contribution >= 0.6 is 0 Å². The molecule has 3 amide bonds. The van der Waals surface area contributed by atoms with Gasteiger partial charge in [0.15, 0.2) is 0 Å². The molecule has 0 radical (unpaired) electrons. The van der Waals surface area contributed by atoms with E-state index in [-0.39, 0.29) is 17.7 Å². The summed E-state index contributed by atoms with van der Waals surface area (Å²) in [5.74, 6) is 0.193. The van der Waals surface area contributed by atoms with Crippen molar-refractivity contribution in [1.29, 1.82) is 0 Å². The van der Waals surface area contributed by atoms with Gasteiger partial charge in [-0.3, -0.25) is 19.3 Å². The summed E-state index contributed by atoms with van der Waals surface area (Å²) >= 11 is 0. The van der Waals surface area contributed by atoms with Crippen molar-refractivity contribution in [3.05, 3.63) is 35.9 Å². The molecule has 7 heteroatoms. The van der Waals surface area contributed by atoms with Crippen LogP contribution in [0.1, 0.15) is 44.7 Å². The number of hydrogen-bond donors (Lipinski definition) is 0. The van der Waals surface area contributed by atoms with E-state index in [2.05, 4.69) is 4.90 Å². The lowest BCUT2D eigenvalue weighted by Gasteiger charge is -2.40. The number of hydrogen-bond acceptors (Lipinski definition) is 4. The van der Waals surface area contributed by atoms with Gasteiger partial charge in [0.05, 0.1) is 6.54 Å². The zero-order valence-electron chi connectivity index (χ0n) is 18.3. The standard InChI is InChI=1S/C23H34N4O3/c1-3-25(4-2)21(29)18-24-14-16-26(17-15-24)23(30)22(19-10-6-5-7-11-19)27-13-9-8-12-20(27)28/h5-7,10-11,22H,3-4,8-9,12-18H2,1-2H3. The highest BCUT2D eigenvalue weighted by molar-refractivity contribution is 5.89. The van der Waals surface area contributed by atoms with E-state index in [0.29, 0.717) is 45.7 Å². The largest absolute Gasteiger partial charge is 0.342 e. The lowest BCUT2D eigenvalue weighted by Crippen LogP contribution is -2.54. The number of piperidine rings is 1. The molecule has 0 bridgehead atoms. The van der Waals surface area contributed by atoms with Gasteiger partial charge >= 0.3 is 0 Å². The number of likely N-dealkylation sites (N-methyl/N-ethyl adjacent to an activating group) is 1. The Kier molecular flexibility index (Phi) is 7.85. The smallest absolute Gasteiger partial charge is 0.250 e. The van der Waals surface area contributed by atoms with Gasteiger partial charge in [-0.2, -0.15) is 0 Å². The van der Waals surface area contributed by atoms with Gasteiger partial charge in [0.1, 0.15) is 6.04 Å². The van der Waals surface area contributed by atoms with Crippen molar-refractivity contribution < 1.29 is 14.4 Å². The Morgan fingerprint density at radius 1 is 0.967 bits per heavy atom. The monoisotopic (exact) mass is 414 g/mol. The fourth-order valence-electron chi connectivity index (χ4n) is 4.36. The van der Waals surface area contributed by atoms with Gasteiger partial charge < -0.3 is 14.7 Å². The van der Waals surface area contributed by atoms with Crippen LogP contribution in [-0.2, 0) is 14.4 Å². The molecule has 1 atom stereocenters. The Balaban J connectivity index is 1.66. The molecule has 0 saturated carbocycles. The van der Waals surface area contributed by atoms with E-state index in [1.165, 1.54) is 0 Å². The lowest BCUT2D eigenvalue weighted by molar-refractivity contribution is -0.149. The average Bonchev–Trinajstić information content (AvgIpc) is 2.77. The number of nitrogens with zero attached hydrogens (tertiary/aromatic N) is 4. The second-order valence-corrected chi connectivity index (χ2v) is 8.02. The fraction of sp³-hybridized carbons (Fsp3) is 0.609. The molecule has 164 valence electrons. The van der Waals surface area contributed by atoms with E-state index in [1.54, 1.807) is 4.90 Å². The summed E-state index contributed by atoms with van der Waals surface area (Å²) in [6.07, 6.45) is 2.34. The summed E-state index contributed by atoms with van der Waals surface area (Å²) in [7, 11) is 0. The molecule has 2 aliphatic rings. The number of carbonyl (C=O) groups is 3. The van der Waals surface area contributed by atoms with Crippen molar-refractivity contribution >= 4 is 17.7 Å². The Hall–Kier alpha value is -2.41. The topological polar surface area (TPSA) is 64.2 Å². The highest BCUT2D eigenvalue weighted by atomic mass is 16.2. The molecule has 7 nitrogen and oxygen atoms in total. The third-order valence-corrected chi connectivity index (χ3v) is 6.18. The van der Waals surface area contributed by atoms with E-state index < -0.39 is 6.04 Å². The highest BCUT2D eigenvalue weighted by Crippen LogP contribution is 2.28. The maximum Gasteiger partial charge on any atom is 0.250 e. The molecule has 2 heterocycles. The van der Waals surface area contributed by atoms with E-state index >= 15 is 0 Å². The summed E-state index contributed by atoms with van der Waals surface area (Å²) in [4.78, 5) is 46.1. The maximum atomic E-state index is 13.5. The Bertz CT molecular complexity index is 727. The molecular formula is C23H34N4O3. The van der Waals surface area contributed by atoms with Crippen LogP contribution in [0.3, 0.4) is 0 Å². The minimum absolute atomic E-state index is 0.00818. The molecule has 1 aromatic carbocycles. The second kappa shape index (κ2) is 10.6. The van der Waals surface area contributed by atoms with Gasteiger partial charge in [-0.15, -0.1) is 0 Å². The maximum absolute atomic E-state index is 13.5. The molecule has 0 aromatic heterocycles. The van der Waals surface area contributed by atoms with E-state index in [1.807, 2.05) is 54.0 Å². The third-order valence-electron chi connectivity index (χ3n) is 6.18. The zero-order valence-corrected chi connectivity index (χ0v) is 18.3. The number of piperazine rings is 1. The fourth-order valence-corrected chi connectivity index (χ4v) is 4.36. The van der Waals surface area contributed by atoms with Crippen molar-refractivity contribution in [1.82, 2.24) is 19.6 Å². The van der Waals surface area contributed by atoms with Crippen LogP contribution in [0.5, 0.6) is 0 Å². The summed E-state index contributed by atoms with van der Waals surface area (Å²) < 4.78 is 0. The number of rotatable bonds is 7. The molecule has 0 spiro atoms.